The maximum atomic E-state index is 14.1. The zero-order chi connectivity index (χ0) is 26.0. The van der Waals surface area contributed by atoms with Crippen molar-refractivity contribution in [3.8, 4) is 0 Å². The summed E-state index contributed by atoms with van der Waals surface area (Å²) < 4.78 is 22.7. The molecule has 0 saturated carbocycles. The van der Waals surface area contributed by atoms with Gasteiger partial charge in [-0.3, -0.25) is 19.2 Å². The number of esters is 3. The zero-order valence-electron chi connectivity index (χ0n) is 19.7. The molecule has 188 valence electrons. The lowest BCUT2D eigenvalue weighted by Gasteiger charge is -2.49. The number of rotatable bonds is 6. The van der Waals surface area contributed by atoms with Crippen molar-refractivity contribution in [3.63, 3.8) is 0 Å². The number of fused-ring (bicyclic) bond motifs is 1. The van der Waals surface area contributed by atoms with E-state index in [2.05, 4.69) is 0 Å². The Labute approximate surface area is 210 Å². The molecule has 10 heteroatoms. The predicted molar refractivity (Wildman–Crippen MR) is 129 cm³/mol. The van der Waals surface area contributed by atoms with Gasteiger partial charge >= 0.3 is 17.9 Å². The molecule has 0 bridgehead atoms. The number of hydrogen-bond donors (Lipinski definition) is 1. The Morgan fingerprint density at radius 3 is 2.08 bits per heavy atom. The van der Waals surface area contributed by atoms with Gasteiger partial charge in [0.1, 0.15) is 22.0 Å². The molecule has 1 aliphatic heterocycles. The molecule has 0 radical (unpaired) electrons. The molecule has 4 rings (SSSR count). The summed E-state index contributed by atoms with van der Waals surface area (Å²) in [6.07, 6.45) is -3.22. The highest BCUT2D eigenvalue weighted by Gasteiger charge is 2.67. The number of benzene rings is 2. The first-order chi connectivity index (χ1) is 17.1. The van der Waals surface area contributed by atoms with Crippen molar-refractivity contribution >= 4 is 46.4 Å². The number of thioether (sulfide) groups is 1. The van der Waals surface area contributed by atoms with Crippen molar-refractivity contribution in [3.05, 3.63) is 72.0 Å². The van der Waals surface area contributed by atoms with Gasteiger partial charge in [0.25, 0.3) is 5.60 Å². The van der Waals surface area contributed by atoms with Crippen LogP contribution >= 0.6 is 11.8 Å². The normalized spacial score (nSPS) is 25.7. The molecule has 9 nitrogen and oxygen atoms in total. The quantitative estimate of drug-likeness (QED) is 0.297. The van der Waals surface area contributed by atoms with Crippen LogP contribution in [0.1, 0.15) is 42.1 Å². The van der Waals surface area contributed by atoms with E-state index in [1.165, 1.54) is 12.1 Å². The largest absolute Gasteiger partial charge is 0.460 e. The summed E-state index contributed by atoms with van der Waals surface area (Å²) in [7, 11) is 0. The van der Waals surface area contributed by atoms with E-state index in [0.717, 1.165) is 37.9 Å². The Kier molecular flexibility index (Phi) is 7.18. The van der Waals surface area contributed by atoms with Gasteiger partial charge in [-0.2, -0.15) is 0 Å². The first-order valence-corrected chi connectivity index (χ1v) is 12.0. The smallest absolute Gasteiger partial charge is 0.303 e. The summed E-state index contributed by atoms with van der Waals surface area (Å²) in [6.45, 7) is 3.30. The van der Waals surface area contributed by atoms with E-state index in [1.807, 2.05) is 12.1 Å². The highest BCUT2D eigenvalue weighted by atomic mass is 32.2. The Hall–Kier alpha value is -3.63. The highest BCUT2D eigenvalue weighted by molar-refractivity contribution is 8.00. The van der Waals surface area contributed by atoms with Crippen LogP contribution in [-0.4, -0.2) is 52.0 Å². The number of ether oxygens (including phenoxy) is 3. The van der Waals surface area contributed by atoms with Crippen molar-refractivity contribution in [2.24, 2.45) is 0 Å². The topological polar surface area (TPSA) is 129 Å². The summed E-state index contributed by atoms with van der Waals surface area (Å²) in [5.41, 5.74) is -3.35. The van der Waals surface area contributed by atoms with Gasteiger partial charge in [0.2, 0.25) is 5.78 Å². The van der Waals surface area contributed by atoms with E-state index in [9.17, 15) is 24.3 Å². The second kappa shape index (κ2) is 10.2. The molecule has 1 N–H and O–H groups in total. The van der Waals surface area contributed by atoms with Crippen LogP contribution in [-0.2, 0) is 28.6 Å². The average Bonchev–Trinajstić information content (AvgIpc) is 3.26. The van der Waals surface area contributed by atoms with Crippen LogP contribution in [0, 0.1) is 0 Å². The number of Topliss-reactive ketones (excluding diaryl/α,β-unsaturated/α-hetero) is 1. The van der Waals surface area contributed by atoms with E-state index in [0.29, 0.717) is 5.58 Å². The average molecular weight is 513 g/mol. The third kappa shape index (κ3) is 4.74. The lowest BCUT2D eigenvalue weighted by molar-refractivity contribution is -0.209. The minimum Gasteiger partial charge on any atom is -0.460 e. The number of furan rings is 1. The fraction of sp³-hybridized carbons (Fsp3) is 0.308. The summed E-state index contributed by atoms with van der Waals surface area (Å²) in [4.78, 5) is 51.0. The summed E-state index contributed by atoms with van der Waals surface area (Å²) in [6, 6.07) is 16.7. The molecule has 2 heterocycles. The van der Waals surface area contributed by atoms with Crippen LogP contribution in [0.2, 0.25) is 0 Å². The van der Waals surface area contributed by atoms with Crippen molar-refractivity contribution in [2.45, 2.75) is 49.3 Å². The van der Waals surface area contributed by atoms with Crippen molar-refractivity contribution < 1.29 is 42.9 Å². The van der Waals surface area contributed by atoms with Crippen LogP contribution < -0.4 is 0 Å². The summed E-state index contributed by atoms with van der Waals surface area (Å²) >= 11 is 0.861. The van der Waals surface area contributed by atoms with Crippen LogP contribution in [0.4, 0.5) is 0 Å². The predicted octanol–water partition coefficient (Wildman–Crippen LogP) is 3.59. The van der Waals surface area contributed by atoms with Gasteiger partial charge in [0.05, 0.1) is 0 Å². The maximum absolute atomic E-state index is 14.1. The maximum Gasteiger partial charge on any atom is 0.303 e. The molecule has 0 spiro atoms. The van der Waals surface area contributed by atoms with E-state index in [1.54, 1.807) is 36.4 Å². The molecular formula is C26H24O9S. The SMILES string of the molecule is CC(=O)O[C@@H]1C(c2cc3ccccc3o2)S[C@@H](O)[C@H](OC(C)=O)[C@]1(OC(C)=O)C(=O)c1ccccc1. The van der Waals surface area contributed by atoms with E-state index in [4.69, 9.17) is 18.6 Å². The van der Waals surface area contributed by atoms with Gasteiger partial charge in [0.15, 0.2) is 12.2 Å². The molecule has 1 unspecified atom stereocenters. The minimum atomic E-state index is -2.42. The molecule has 1 fully saturated rings. The molecular weight excluding hydrogens is 488 g/mol. The molecule has 2 aromatic carbocycles. The number of aliphatic hydroxyl groups excluding tert-OH is 1. The van der Waals surface area contributed by atoms with Crippen molar-refractivity contribution in [2.75, 3.05) is 0 Å². The highest BCUT2D eigenvalue weighted by Crippen LogP contribution is 2.52. The second-order valence-electron chi connectivity index (χ2n) is 8.28. The number of carbonyl (C=O) groups is 4. The van der Waals surface area contributed by atoms with Gasteiger partial charge in [-0.1, -0.05) is 48.5 Å². The number of hydrogen-bond acceptors (Lipinski definition) is 10. The van der Waals surface area contributed by atoms with E-state index < -0.39 is 52.2 Å². The number of ketones is 1. The van der Waals surface area contributed by atoms with Gasteiger partial charge in [0, 0.05) is 31.7 Å². The fourth-order valence-corrected chi connectivity index (χ4v) is 5.73. The van der Waals surface area contributed by atoms with Gasteiger partial charge < -0.3 is 23.7 Å². The van der Waals surface area contributed by atoms with Gasteiger partial charge in [-0.05, 0) is 12.1 Å². The van der Waals surface area contributed by atoms with Gasteiger partial charge in [-0.15, -0.1) is 11.8 Å². The Morgan fingerprint density at radius 1 is 0.861 bits per heavy atom. The van der Waals surface area contributed by atoms with Crippen molar-refractivity contribution in [1.82, 2.24) is 0 Å². The lowest BCUT2D eigenvalue weighted by atomic mass is 9.79. The van der Waals surface area contributed by atoms with Gasteiger partial charge in [-0.25, -0.2) is 0 Å². The monoisotopic (exact) mass is 512 g/mol. The number of aliphatic hydroxyl groups is 1. The molecule has 36 heavy (non-hydrogen) atoms. The Morgan fingerprint density at radius 2 is 1.47 bits per heavy atom. The van der Waals surface area contributed by atoms with Crippen LogP contribution in [0.15, 0.2) is 65.1 Å². The number of carbonyl (C=O) groups excluding carboxylic acids is 4. The Balaban J connectivity index is 1.98. The van der Waals surface area contributed by atoms with E-state index in [-0.39, 0.29) is 11.3 Å². The summed E-state index contributed by atoms with van der Waals surface area (Å²) in [5.74, 6) is -3.06. The van der Waals surface area contributed by atoms with Crippen LogP contribution in [0.25, 0.3) is 11.0 Å². The first-order valence-electron chi connectivity index (χ1n) is 11.1. The first kappa shape index (κ1) is 25.5. The lowest BCUT2D eigenvalue weighted by Crippen LogP contribution is -2.69. The zero-order valence-corrected chi connectivity index (χ0v) is 20.5. The fourth-order valence-electron chi connectivity index (χ4n) is 4.38. The molecule has 3 aromatic rings. The number of para-hydroxylation sites is 1. The summed E-state index contributed by atoms with van der Waals surface area (Å²) in [5, 5.41) is 10.9. The van der Waals surface area contributed by atoms with Crippen LogP contribution in [0.5, 0.6) is 0 Å². The van der Waals surface area contributed by atoms with Crippen LogP contribution in [0.3, 0.4) is 0 Å². The second-order valence-corrected chi connectivity index (χ2v) is 9.54. The molecule has 5 atom stereocenters. The van der Waals surface area contributed by atoms with E-state index >= 15 is 0 Å². The molecule has 1 aliphatic rings. The van der Waals surface area contributed by atoms with Crippen molar-refractivity contribution in [1.29, 1.82) is 0 Å². The molecule has 1 saturated heterocycles. The third-order valence-corrected chi connectivity index (χ3v) is 6.98. The Bertz CT molecular complexity index is 1270. The molecule has 1 aromatic heterocycles. The molecule has 0 amide bonds. The standard InChI is InChI=1S/C26H24O9S/c1-14(27)32-23-21(20-13-18-11-7-8-12-19(18)34-20)36-25(31)24(33-15(2)28)26(23,35-16(3)29)22(30)17-9-5-4-6-10-17/h4-13,21,23-25,31H,1-3H3/t21?,23-,24+,25-,26+/m1/s1. The minimum absolute atomic E-state index is 0.0931. The molecule has 0 aliphatic carbocycles. The third-order valence-electron chi connectivity index (χ3n) is 5.68.